The molecule has 3 heteroatoms. The number of morpholine rings is 1. The van der Waals surface area contributed by atoms with Crippen LogP contribution in [-0.2, 0) is 11.2 Å². The molecule has 1 fully saturated rings. The van der Waals surface area contributed by atoms with E-state index in [0.717, 1.165) is 32.5 Å². The van der Waals surface area contributed by atoms with Gasteiger partial charge in [0.25, 0.3) is 0 Å². The summed E-state index contributed by atoms with van der Waals surface area (Å²) in [6, 6.07) is 10.8. The van der Waals surface area contributed by atoms with E-state index >= 15 is 0 Å². The fraction of sp³-hybridized carbons (Fsp3) is 0.647. The molecule has 0 radical (unpaired) electrons. The van der Waals surface area contributed by atoms with Crippen LogP contribution in [0, 0.1) is 0 Å². The third kappa shape index (κ3) is 4.89. The number of nitrogens with two attached hydrogens (primary N) is 1. The van der Waals surface area contributed by atoms with Gasteiger partial charge in [0.15, 0.2) is 0 Å². The van der Waals surface area contributed by atoms with Gasteiger partial charge in [-0.15, -0.1) is 0 Å². The third-order valence-electron chi connectivity index (χ3n) is 3.78. The quantitative estimate of drug-likeness (QED) is 0.898. The van der Waals surface area contributed by atoms with Crippen LogP contribution in [0.5, 0.6) is 0 Å². The molecule has 2 rings (SSSR count). The Morgan fingerprint density at radius 3 is 2.70 bits per heavy atom. The maximum atomic E-state index is 6.30. The van der Waals surface area contributed by atoms with Crippen molar-refractivity contribution < 1.29 is 4.74 Å². The summed E-state index contributed by atoms with van der Waals surface area (Å²) >= 11 is 0. The Morgan fingerprint density at radius 1 is 1.35 bits per heavy atom. The zero-order valence-electron chi connectivity index (χ0n) is 13.0. The first-order chi connectivity index (χ1) is 9.44. The standard InChI is InChI=1S/C17H28N2O/c1-14-11-19(13-17(2,3)20-14)12-16(18)10-9-15-7-5-4-6-8-15/h4-8,14,16H,9-13,18H2,1-3H3. The molecule has 1 aliphatic rings. The minimum Gasteiger partial charge on any atom is -0.370 e. The molecular weight excluding hydrogens is 248 g/mol. The number of benzene rings is 1. The van der Waals surface area contributed by atoms with Gasteiger partial charge in [0.1, 0.15) is 0 Å². The minimum absolute atomic E-state index is 0.0587. The van der Waals surface area contributed by atoms with Gasteiger partial charge in [-0.25, -0.2) is 0 Å². The van der Waals surface area contributed by atoms with Crippen molar-refractivity contribution in [3.63, 3.8) is 0 Å². The van der Waals surface area contributed by atoms with Gasteiger partial charge >= 0.3 is 0 Å². The van der Waals surface area contributed by atoms with Crippen molar-refractivity contribution >= 4 is 0 Å². The lowest BCUT2D eigenvalue weighted by Crippen LogP contribution is -2.54. The van der Waals surface area contributed by atoms with Gasteiger partial charge in [-0.05, 0) is 39.2 Å². The first-order valence-corrected chi connectivity index (χ1v) is 7.64. The number of nitrogens with zero attached hydrogens (tertiary/aromatic N) is 1. The number of aryl methyl sites for hydroxylation is 1. The lowest BCUT2D eigenvalue weighted by Gasteiger charge is -2.42. The summed E-state index contributed by atoms with van der Waals surface area (Å²) in [6.07, 6.45) is 2.39. The van der Waals surface area contributed by atoms with Gasteiger partial charge in [0, 0.05) is 25.7 Å². The average molecular weight is 276 g/mol. The van der Waals surface area contributed by atoms with Crippen molar-refractivity contribution in [3.05, 3.63) is 35.9 Å². The lowest BCUT2D eigenvalue weighted by molar-refractivity contribution is -0.129. The molecule has 0 saturated carbocycles. The van der Waals surface area contributed by atoms with E-state index in [1.807, 2.05) is 0 Å². The number of hydrogen-bond acceptors (Lipinski definition) is 3. The molecule has 2 N–H and O–H groups in total. The van der Waals surface area contributed by atoms with Crippen molar-refractivity contribution in [2.24, 2.45) is 5.73 Å². The van der Waals surface area contributed by atoms with E-state index in [1.165, 1.54) is 5.56 Å². The predicted octanol–water partition coefficient (Wildman–Crippen LogP) is 2.45. The smallest absolute Gasteiger partial charge is 0.0757 e. The van der Waals surface area contributed by atoms with Gasteiger partial charge in [-0.3, -0.25) is 4.90 Å². The van der Waals surface area contributed by atoms with Crippen molar-refractivity contribution in [2.75, 3.05) is 19.6 Å². The monoisotopic (exact) mass is 276 g/mol. The molecule has 0 bridgehead atoms. The summed E-state index contributed by atoms with van der Waals surface area (Å²) in [5, 5.41) is 0. The van der Waals surface area contributed by atoms with Gasteiger partial charge in [0.2, 0.25) is 0 Å². The van der Waals surface area contributed by atoms with Gasteiger partial charge in [0.05, 0.1) is 11.7 Å². The van der Waals surface area contributed by atoms with Crippen molar-refractivity contribution in [2.45, 2.75) is 51.4 Å². The second-order valence-electron chi connectivity index (χ2n) is 6.67. The van der Waals surface area contributed by atoms with E-state index in [9.17, 15) is 0 Å². The van der Waals surface area contributed by atoms with E-state index in [-0.39, 0.29) is 11.6 Å². The fourth-order valence-electron chi connectivity index (χ4n) is 3.14. The molecule has 0 spiro atoms. The molecule has 1 saturated heterocycles. The zero-order valence-corrected chi connectivity index (χ0v) is 13.0. The van der Waals surface area contributed by atoms with Crippen LogP contribution in [0.1, 0.15) is 32.8 Å². The van der Waals surface area contributed by atoms with Gasteiger partial charge < -0.3 is 10.5 Å². The van der Waals surface area contributed by atoms with Crippen LogP contribution in [0.2, 0.25) is 0 Å². The highest BCUT2D eigenvalue weighted by atomic mass is 16.5. The van der Waals surface area contributed by atoms with Crippen molar-refractivity contribution in [3.8, 4) is 0 Å². The molecule has 1 aromatic rings. The van der Waals surface area contributed by atoms with Crippen LogP contribution < -0.4 is 5.73 Å². The molecule has 1 heterocycles. The molecule has 0 aliphatic carbocycles. The summed E-state index contributed by atoms with van der Waals surface area (Å²) in [6.45, 7) is 9.38. The Labute approximate surface area is 123 Å². The molecule has 1 aromatic carbocycles. The Bertz CT molecular complexity index is 405. The SMILES string of the molecule is CC1CN(CC(N)CCc2ccccc2)CC(C)(C)O1. The maximum Gasteiger partial charge on any atom is 0.0757 e. The number of ether oxygens (including phenoxy) is 1. The van der Waals surface area contributed by atoms with E-state index in [2.05, 4.69) is 56.0 Å². The van der Waals surface area contributed by atoms with E-state index in [4.69, 9.17) is 10.5 Å². The highest BCUT2D eigenvalue weighted by Gasteiger charge is 2.31. The predicted molar refractivity (Wildman–Crippen MR) is 83.8 cm³/mol. The molecule has 20 heavy (non-hydrogen) atoms. The molecule has 2 unspecified atom stereocenters. The van der Waals surface area contributed by atoms with Crippen LogP contribution in [0.25, 0.3) is 0 Å². The van der Waals surface area contributed by atoms with Crippen LogP contribution in [-0.4, -0.2) is 42.3 Å². The van der Waals surface area contributed by atoms with Gasteiger partial charge in [-0.2, -0.15) is 0 Å². The summed E-state index contributed by atoms with van der Waals surface area (Å²) in [5.41, 5.74) is 7.62. The summed E-state index contributed by atoms with van der Waals surface area (Å²) in [4.78, 5) is 2.45. The molecule has 2 atom stereocenters. The highest BCUT2D eigenvalue weighted by molar-refractivity contribution is 5.14. The molecule has 1 aliphatic heterocycles. The van der Waals surface area contributed by atoms with Crippen LogP contribution in [0.15, 0.2) is 30.3 Å². The average Bonchev–Trinajstić information content (AvgIpc) is 2.35. The molecule has 3 nitrogen and oxygen atoms in total. The second-order valence-corrected chi connectivity index (χ2v) is 6.67. The van der Waals surface area contributed by atoms with E-state index < -0.39 is 0 Å². The first-order valence-electron chi connectivity index (χ1n) is 7.64. The second kappa shape index (κ2) is 6.70. The van der Waals surface area contributed by atoms with Crippen LogP contribution in [0.3, 0.4) is 0 Å². The largest absolute Gasteiger partial charge is 0.370 e. The Morgan fingerprint density at radius 2 is 2.05 bits per heavy atom. The van der Waals surface area contributed by atoms with Crippen molar-refractivity contribution in [1.29, 1.82) is 0 Å². The molecular formula is C17H28N2O. The first kappa shape index (κ1) is 15.5. The van der Waals surface area contributed by atoms with E-state index in [0.29, 0.717) is 6.10 Å². The van der Waals surface area contributed by atoms with Crippen molar-refractivity contribution in [1.82, 2.24) is 4.90 Å². The number of rotatable bonds is 5. The van der Waals surface area contributed by atoms with Crippen LogP contribution >= 0.6 is 0 Å². The summed E-state index contributed by atoms with van der Waals surface area (Å²) in [7, 11) is 0. The van der Waals surface area contributed by atoms with E-state index in [1.54, 1.807) is 0 Å². The zero-order chi connectivity index (χ0) is 14.6. The maximum absolute atomic E-state index is 6.30. The Kier molecular flexibility index (Phi) is 5.19. The fourth-order valence-corrected chi connectivity index (χ4v) is 3.14. The Balaban J connectivity index is 1.78. The summed E-state index contributed by atoms with van der Waals surface area (Å²) < 4.78 is 5.93. The topological polar surface area (TPSA) is 38.5 Å². The highest BCUT2D eigenvalue weighted by Crippen LogP contribution is 2.21. The molecule has 112 valence electrons. The normalized spacial score (nSPS) is 24.5. The van der Waals surface area contributed by atoms with Crippen LogP contribution in [0.4, 0.5) is 0 Å². The Hall–Kier alpha value is -0.900. The molecule has 0 amide bonds. The molecule has 0 aromatic heterocycles. The third-order valence-corrected chi connectivity index (χ3v) is 3.78. The minimum atomic E-state index is -0.0587. The number of hydrogen-bond donors (Lipinski definition) is 1. The lowest BCUT2D eigenvalue weighted by atomic mass is 10.0. The summed E-state index contributed by atoms with van der Waals surface area (Å²) in [5.74, 6) is 0. The van der Waals surface area contributed by atoms with Gasteiger partial charge in [-0.1, -0.05) is 30.3 Å².